The highest BCUT2D eigenvalue weighted by atomic mass is 35.5. The lowest BCUT2D eigenvalue weighted by Crippen LogP contribution is -2.34. The second-order valence-corrected chi connectivity index (χ2v) is 8.29. The summed E-state index contributed by atoms with van der Waals surface area (Å²) < 4.78 is 7.90. The Hall–Kier alpha value is -2.75. The first-order valence-corrected chi connectivity index (χ1v) is 11.9. The fourth-order valence-corrected chi connectivity index (χ4v) is 4.30. The third-order valence-electron chi connectivity index (χ3n) is 4.90. The molecule has 0 aliphatic rings. The van der Waals surface area contributed by atoms with Gasteiger partial charge in [-0.25, -0.2) is 0 Å². The smallest absolute Gasteiger partial charge is 0.233 e. The minimum atomic E-state index is -0.131. The van der Waals surface area contributed by atoms with Gasteiger partial charge < -0.3 is 14.2 Å². The molecule has 0 unspecified atom stereocenters. The van der Waals surface area contributed by atoms with Gasteiger partial charge in [-0.15, -0.1) is 10.2 Å². The van der Waals surface area contributed by atoms with Crippen molar-refractivity contribution in [3.05, 3.63) is 35.1 Å². The van der Waals surface area contributed by atoms with E-state index >= 15 is 0 Å². The Morgan fingerprint density at radius 2 is 1.84 bits per heavy atom. The van der Waals surface area contributed by atoms with Crippen LogP contribution >= 0.6 is 23.4 Å². The molecule has 0 radical (unpaired) electrons. The summed E-state index contributed by atoms with van der Waals surface area (Å²) in [4.78, 5) is 14.2. The maximum Gasteiger partial charge on any atom is 0.233 e. The van der Waals surface area contributed by atoms with E-state index in [0.29, 0.717) is 34.8 Å². The molecule has 1 amide bonds. The van der Waals surface area contributed by atoms with Crippen LogP contribution in [0.5, 0.6) is 5.75 Å². The summed E-state index contributed by atoms with van der Waals surface area (Å²) in [6, 6.07) is 11.5. The third kappa shape index (κ3) is 7.15. The zero-order chi connectivity index (χ0) is 23.3. The summed E-state index contributed by atoms with van der Waals surface area (Å²) >= 11 is 7.49. The number of hydrogen-bond donors (Lipinski definition) is 0. The molecule has 0 fully saturated rings. The van der Waals surface area contributed by atoms with E-state index in [4.69, 9.17) is 26.9 Å². The average molecular weight is 475 g/mol. The van der Waals surface area contributed by atoms with Crippen molar-refractivity contribution in [1.29, 1.82) is 10.5 Å². The zero-order valence-electron chi connectivity index (χ0n) is 18.3. The first-order chi connectivity index (χ1) is 15.5. The number of para-hydroxylation sites is 1. The van der Waals surface area contributed by atoms with Crippen molar-refractivity contribution in [3.63, 3.8) is 0 Å². The van der Waals surface area contributed by atoms with Crippen molar-refractivity contribution in [3.8, 4) is 17.9 Å². The fraction of sp³-hybridized carbons (Fsp3) is 0.500. The molecule has 32 heavy (non-hydrogen) atoms. The molecule has 0 aliphatic heterocycles. The molecule has 0 bridgehead atoms. The molecule has 0 saturated carbocycles. The molecular weight excluding hydrogens is 448 g/mol. The number of hydrogen-bond acceptors (Lipinski definition) is 7. The highest BCUT2D eigenvalue weighted by Crippen LogP contribution is 2.28. The summed E-state index contributed by atoms with van der Waals surface area (Å²) in [5, 5.41) is 27.5. The van der Waals surface area contributed by atoms with Crippen LogP contribution in [0.25, 0.3) is 0 Å². The number of halogens is 1. The number of nitrogens with zero attached hydrogens (tertiary/aromatic N) is 6. The Kier molecular flexibility index (Phi) is 10.9. The molecule has 0 saturated heterocycles. The highest BCUT2D eigenvalue weighted by molar-refractivity contribution is 7.99. The molecule has 1 aromatic carbocycles. The Morgan fingerprint density at radius 1 is 1.19 bits per heavy atom. The molecule has 1 heterocycles. The maximum atomic E-state index is 12.7. The van der Waals surface area contributed by atoms with Crippen LogP contribution in [-0.2, 0) is 11.4 Å². The second kappa shape index (κ2) is 13.6. The van der Waals surface area contributed by atoms with E-state index in [1.807, 2.05) is 28.8 Å². The summed E-state index contributed by atoms with van der Waals surface area (Å²) in [6.07, 6.45) is 2.22. The summed E-state index contributed by atoms with van der Waals surface area (Å²) in [5.41, 5.74) is 0. The molecule has 170 valence electrons. The Bertz CT molecular complexity index is 946. The lowest BCUT2D eigenvalue weighted by Gasteiger charge is -2.21. The van der Waals surface area contributed by atoms with Gasteiger partial charge in [0.05, 0.1) is 35.8 Å². The molecule has 2 rings (SSSR count). The molecule has 0 spiro atoms. The average Bonchev–Trinajstić information content (AvgIpc) is 3.20. The number of ether oxygens (including phenoxy) is 1. The second-order valence-electron chi connectivity index (χ2n) is 6.94. The van der Waals surface area contributed by atoms with E-state index in [-0.39, 0.29) is 37.2 Å². The van der Waals surface area contributed by atoms with Gasteiger partial charge in [0.2, 0.25) is 5.91 Å². The number of carbonyl (C=O) groups is 1. The van der Waals surface area contributed by atoms with Crippen LogP contribution in [0, 0.1) is 22.7 Å². The molecule has 0 N–H and O–H groups in total. The first kappa shape index (κ1) is 25.5. The number of aromatic nitrogens is 3. The van der Waals surface area contributed by atoms with Crippen LogP contribution in [-0.4, -0.2) is 44.4 Å². The van der Waals surface area contributed by atoms with E-state index < -0.39 is 0 Å². The predicted octanol–water partition coefficient (Wildman–Crippen LogP) is 4.62. The van der Waals surface area contributed by atoms with Crippen LogP contribution in [0.1, 0.15) is 51.4 Å². The normalized spacial score (nSPS) is 10.6. The summed E-state index contributed by atoms with van der Waals surface area (Å²) in [6.45, 7) is 5.02. The first-order valence-electron chi connectivity index (χ1n) is 10.5. The molecule has 1 aromatic heterocycles. The van der Waals surface area contributed by atoms with Crippen LogP contribution in [0.3, 0.4) is 0 Å². The number of amides is 1. The largest absolute Gasteiger partial charge is 0.484 e. The summed E-state index contributed by atoms with van der Waals surface area (Å²) in [7, 11) is 0. The molecule has 2 aromatic rings. The monoisotopic (exact) mass is 474 g/mol. The van der Waals surface area contributed by atoms with Crippen LogP contribution in [0.15, 0.2) is 29.4 Å². The topological polar surface area (TPSA) is 108 Å². The predicted molar refractivity (Wildman–Crippen MR) is 123 cm³/mol. The van der Waals surface area contributed by atoms with Gasteiger partial charge in [-0.2, -0.15) is 10.5 Å². The van der Waals surface area contributed by atoms with Crippen molar-refractivity contribution >= 4 is 29.3 Å². The van der Waals surface area contributed by atoms with Gasteiger partial charge in [0.25, 0.3) is 0 Å². The molecule has 10 heteroatoms. The van der Waals surface area contributed by atoms with E-state index in [1.165, 1.54) is 11.8 Å². The van der Waals surface area contributed by atoms with Crippen molar-refractivity contribution in [1.82, 2.24) is 19.7 Å². The lowest BCUT2D eigenvalue weighted by molar-refractivity contribution is -0.128. The van der Waals surface area contributed by atoms with Gasteiger partial charge in [-0.05, 0) is 25.0 Å². The fourth-order valence-electron chi connectivity index (χ4n) is 3.18. The highest BCUT2D eigenvalue weighted by Gasteiger charge is 2.21. The summed E-state index contributed by atoms with van der Waals surface area (Å²) in [5.74, 6) is 1.26. The van der Waals surface area contributed by atoms with Crippen LogP contribution in [0.2, 0.25) is 5.02 Å². The standard InChI is InChI=1S/C22H27ClN6O2S/c1-3-17(4-2)29-20(15-31-19-10-6-5-9-18(19)23)26-27-22(29)32-16-21(30)28(13-7-11-24)14-8-12-25/h5-6,9-10,17H,3-4,7-8,13-16H2,1-2H3. The number of thioether (sulfide) groups is 1. The van der Waals surface area contributed by atoms with Gasteiger partial charge in [0, 0.05) is 19.1 Å². The van der Waals surface area contributed by atoms with Gasteiger partial charge in [-0.3, -0.25) is 4.79 Å². The van der Waals surface area contributed by atoms with Crippen molar-refractivity contribution in [2.24, 2.45) is 0 Å². The third-order valence-corrected chi connectivity index (χ3v) is 6.14. The Morgan fingerprint density at radius 3 is 2.44 bits per heavy atom. The molecule has 0 atom stereocenters. The van der Waals surface area contributed by atoms with E-state index in [2.05, 4.69) is 24.0 Å². The molecule has 0 aliphatic carbocycles. The number of nitriles is 2. The Balaban J connectivity index is 2.14. The maximum absolute atomic E-state index is 12.7. The number of benzene rings is 1. The van der Waals surface area contributed by atoms with Crippen molar-refractivity contribution in [2.75, 3.05) is 18.8 Å². The van der Waals surface area contributed by atoms with Gasteiger partial charge in [-0.1, -0.05) is 49.3 Å². The quantitative estimate of drug-likeness (QED) is 0.389. The zero-order valence-corrected chi connectivity index (χ0v) is 19.9. The van der Waals surface area contributed by atoms with Gasteiger partial charge >= 0.3 is 0 Å². The van der Waals surface area contributed by atoms with Crippen molar-refractivity contribution < 1.29 is 9.53 Å². The minimum Gasteiger partial charge on any atom is -0.484 e. The van der Waals surface area contributed by atoms with Crippen molar-refractivity contribution in [2.45, 2.75) is 57.3 Å². The van der Waals surface area contributed by atoms with Gasteiger partial charge in [0.15, 0.2) is 11.0 Å². The van der Waals surface area contributed by atoms with E-state index in [1.54, 1.807) is 17.0 Å². The van der Waals surface area contributed by atoms with E-state index in [0.717, 1.165) is 12.8 Å². The van der Waals surface area contributed by atoms with Crippen LogP contribution in [0.4, 0.5) is 0 Å². The lowest BCUT2D eigenvalue weighted by atomic mass is 10.2. The Labute approximate surface area is 198 Å². The molecular formula is C22H27ClN6O2S. The van der Waals surface area contributed by atoms with Crippen LogP contribution < -0.4 is 4.74 Å². The number of carbonyl (C=O) groups excluding carboxylic acids is 1. The van der Waals surface area contributed by atoms with Gasteiger partial charge in [0.1, 0.15) is 12.4 Å². The minimum absolute atomic E-state index is 0.131. The van der Waals surface area contributed by atoms with E-state index in [9.17, 15) is 4.79 Å². The molecule has 8 nitrogen and oxygen atoms in total. The SMILES string of the molecule is CCC(CC)n1c(COc2ccccc2Cl)nnc1SCC(=O)N(CCC#N)CCC#N. The number of rotatable bonds is 13.